The Labute approximate surface area is 57.0 Å². The van der Waals surface area contributed by atoms with E-state index < -0.39 is 0 Å². The molecule has 1 atom stereocenters. The summed E-state index contributed by atoms with van der Waals surface area (Å²) in [5, 5.41) is 0. The van der Waals surface area contributed by atoms with Gasteiger partial charge in [-0.3, -0.25) is 0 Å². The van der Waals surface area contributed by atoms with E-state index in [0.717, 1.165) is 6.42 Å². The lowest BCUT2D eigenvalue weighted by Gasteiger charge is -1.98. The molecule has 1 unspecified atom stereocenters. The Morgan fingerprint density at radius 2 is 2.33 bits per heavy atom. The van der Waals surface area contributed by atoms with Gasteiger partial charge in [0.25, 0.3) is 0 Å². The molecule has 9 heavy (non-hydrogen) atoms. The first kappa shape index (κ1) is 8.28. The van der Waals surface area contributed by atoms with E-state index in [1.807, 2.05) is 12.2 Å². The summed E-state index contributed by atoms with van der Waals surface area (Å²) >= 11 is 0. The van der Waals surface area contributed by atoms with Crippen LogP contribution in [-0.2, 0) is 4.74 Å². The van der Waals surface area contributed by atoms with Gasteiger partial charge in [-0.1, -0.05) is 13.0 Å². The van der Waals surface area contributed by atoms with Crippen LogP contribution in [0.25, 0.3) is 0 Å². The highest BCUT2D eigenvalue weighted by molar-refractivity contribution is 4.84. The molecule has 0 rings (SSSR count). The van der Waals surface area contributed by atoms with Crippen molar-refractivity contribution in [2.45, 2.75) is 13.3 Å². The molecule has 0 saturated heterocycles. The molecule has 0 aromatic heterocycles. The van der Waals surface area contributed by atoms with Crippen LogP contribution in [0.15, 0.2) is 25.0 Å². The van der Waals surface area contributed by atoms with Crippen LogP contribution in [0, 0.1) is 5.92 Å². The molecule has 0 amide bonds. The summed E-state index contributed by atoms with van der Waals surface area (Å²) in [6.07, 6.45) is 6.64. The van der Waals surface area contributed by atoms with E-state index in [1.54, 1.807) is 13.4 Å². The Balaban J connectivity index is 3.35. The second kappa shape index (κ2) is 5.42. The highest BCUT2D eigenvalue weighted by atomic mass is 16.5. The second-order valence-corrected chi connectivity index (χ2v) is 2.07. The predicted molar refractivity (Wildman–Crippen MR) is 40.1 cm³/mol. The van der Waals surface area contributed by atoms with Gasteiger partial charge in [-0.25, -0.2) is 0 Å². The molecule has 52 valence electrons. The highest BCUT2D eigenvalue weighted by Crippen LogP contribution is 2.02. The van der Waals surface area contributed by atoms with Gasteiger partial charge >= 0.3 is 0 Å². The van der Waals surface area contributed by atoms with Crippen molar-refractivity contribution in [3.8, 4) is 0 Å². The fourth-order valence-corrected chi connectivity index (χ4v) is 0.554. The summed E-state index contributed by atoms with van der Waals surface area (Å²) in [4.78, 5) is 0. The second-order valence-electron chi connectivity index (χ2n) is 2.07. The molecule has 0 aromatic carbocycles. The molecule has 0 aliphatic heterocycles. The largest absolute Gasteiger partial charge is 0.505 e. The molecular weight excluding hydrogens is 112 g/mol. The third kappa shape index (κ3) is 5.15. The quantitative estimate of drug-likeness (QED) is 0.415. The average Bonchev–Trinajstić information content (AvgIpc) is 1.85. The molecule has 0 aliphatic carbocycles. The molecule has 1 nitrogen and oxygen atoms in total. The molecular formula is C8H14O. The smallest absolute Gasteiger partial charge is 0.0787 e. The summed E-state index contributed by atoms with van der Waals surface area (Å²) in [6.45, 7) is 5.76. The van der Waals surface area contributed by atoms with Crippen molar-refractivity contribution in [1.29, 1.82) is 0 Å². The van der Waals surface area contributed by atoms with Gasteiger partial charge < -0.3 is 4.74 Å². The van der Waals surface area contributed by atoms with E-state index in [2.05, 4.69) is 13.5 Å². The number of hydrogen-bond donors (Lipinski definition) is 0. The van der Waals surface area contributed by atoms with Crippen molar-refractivity contribution in [3.05, 3.63) is 25.0 Å². The lowest BCUT2D eigenvalue weighted by molar-refractivity contribution is 0.334. The summed E-state index contributed by atoms with van der Waals surface area (Å²) < 4.78 is 4.74. The lowest BCUT2D eigenvalue weighted by Crippen LogP contribution is -1.85. The van der Waals surface area contributed by atoms with Gasteiger partial charge in [0.15, 0.2) is 0 Å². The van der Waals surface area contributed by atoms with Gasteiger partial charge in [-0.2, -0.15) is 0 Å². The van der Waals surface area contributed by atoms with Crippen LogP contribution in [0.2, 0.25) is 0 Å². The van der Waals surface area contributed by atoms with Crippen LogP contribution >= 0.6 is 0 Å². The SMILES string of the molecule is C=CCC(C)/C=C/OC. The zero-order chi connectivity index (χ0) is 7.11. The molecule has 0 fully saturated rings. The van der Waals surface area contributed by atoms with Gasteiger partial charge in [-0.15, -0.1) is 6.58 Å². The van der Waals surface area contributed by atoms with Crippen LogP contribution in [0.5, 0.6) is 0 Å². The maximum absolute atomic E-state index is 4.74. The zero-order valence-electron chi connectivity index (χ0n) is 6.13. The van der Waals surface area contributed by atoms with Gasteiger partial charge in [-0.05, 0) is 18.4 Å². The molecule has 0 aliphatic rings. The van der Waals surface area contributed by atoms with Crippen molar-refractivity contribution < 1.29 is 4.74 Å². The number of ether oxygens (including phenoxy) is 1. The van der Waals surface area contributed by atoms with Gasteiger partial charge in [0.1, 0.15) is 0 Å². The summed E-state index contributed by atoms with van der Waals surface area (Å²) in [6, 6.07) is 0. The monoisotopic (exact) mass is 126 g/mol. The maximum Gasteiger partial charge on any atom is 0.0787 e. The Hall–Kier alpha value is -0.720. The minimum Gasteiger partial charge on any atom is -0.505 e. The lowest BCUT2D eigenvalue weighted by atomic mass is 10.1. The number of hydrogen-bond acceptors (Lipinski definition) is 1. The van der Waals surface area contributed by atoms with Gasteiger partial charge in [0.05, 0.1) is 13.4 Å². The van der Waals surface area contributed by atoms with Crippen molar-refractivity contribution in [1.82, 2.24) is 0 Å². The Kier molecular flexibility index (Phi) is 4.98. The van der Waals surface area contributed by atoms with Crippen molar-refractivity contribution in [2.24, 2.45) is 5.92 Å². The standard InChI is InChI=1S/C8H14O/c1-4-5-8(2)6-7-9-3/h4,6-8H,1,5H2,2-3H3/b7-6+. The number of methoxy groups -OCH3 is 1. The van der Waals surface area contributed by atoms with Crippen molar-refractivity contribution in [3.63, 3.8) is 0 Å². The van der Waals surface area contributed by atoms with E-state index >= 15 is 0 Å². The third-order valence-corrected chi connectivity index (χ3v) is 1.08. The molecule has 0 saturated carbocycles. The molecule has 1 heteroatoms. The van der Waals surface area contributed by atoms with E-state index in [4.69, 9.17) is 4.74 Å². The van der Waals surface area contributed by atoms with Crippen LogP contribution in [0.3, 0.4) is 0 Å². The average molecular weight is 126 g/mol. The topological polar surface area (TPSA) is 9.23 Å². The van der Waals surface area contributed by atoms with Crippen molar-refractivity contribution in [2.75, 3.05) is 7.11 Å². The summed E-state index contributed by atoms with van der Waals surface area (Å²) in [5.74, 6) is 0.544. The zero-order valence-corrected chi connectivity index (χ0v) is 6.13. The van der Waals surface area contributed by atoms with E-state index in [9.17, 15) is 0 Å². The first-order valence-corrected chi connectivity index (χ1v) is 3.11. The summed E-state index contributed by atoms with van der Waals surface area (Å²) in [5.41, 5.74) is 0. The Bertz CT molecular complexity index is 94.7. The van der Waals surface area contributed by atoms with Crippen LogP contribution in [0.4, 0.5) is 0 Å². The normalized spacial score (nSPS) is 13.6. The van der Waals surface area contributed by atoms with Gasteiger partial charge in [0.2, 0.25) is 0 Å². The third-order valence-electron chi connectivity index (χ3n) is 1.08. The van der Waals surface area contributed by atoms with Crippen LogP contribution in [-0.4, -0.2) is 7.11 Å². The molecule has 0 spiro atoms. The summed E-state index contributed by atoms with van der Waals surface area (Å²) in [7, 11) is 1.65. The molecule has 0 N–H and O–H groups in total. The van der Waals surface area contributed by atoms with Crippen LogP contribution < -0.4 is 0 Å². The molecule has 0 radical (unpaired) electrons. The first-order valence-electron chi connectivity index (χ1n) is 3.11. The Morgan fingerprint density at radius 1 is 1.67 bits per heavy atom. The number of allylic oxidation sites excluding steroid dienone is 2. The van der Waals surface area contributed by atoms with Crippen molar-refractivity contribution >= 4 is 0 Å². The van der Waals surface area contributed by atoms with E-state index in [1.165, 1.54) is 0 Å². The minimum atomic E-state index is 0.544. The van der Waals surface area contributed by atoms with E-state index in [-0.39, 0.29) is 0 Å². The molecule has 0 heterocycles. The van der Waals surface area contributed by atoms with Crippen LogP contribution in [0.1, 0.15) is 13.3 Å². The highest BCUT2D eigenvalue weighted by Gasteiger charge is 1.89. The number of rotatable bonds is 4. The fraction of sp³-hybridized carbons (Fsp3) is 0.500. The first-order chi connectivity index (χ1) is 4.31. The predicted octanol–water partition coefficient (Wildman–Crippen LogP) is 2.36. The Morgan fingerprint density at radius 3 is 2.78 bits per heavy atom. The fourth-order valence-electron chi connectivity index (χ4n) is 0.554. The van der Waals surface area contributed by atoms with Gasteiger partial charge in [0, 0.05) is 0 Å². The maximum atomic E-state index is 4.74. The van der Waals surface area contributed by atoms with E-state index in [0.29, 0.717) is 5.92 Å². The molecule has 0 bridgehead atoms. The minimum absolute atomic E-state index is 0.544. The molecule has 0 aromatic rings.